The molecule has 0 saturated heterocycles. The Bertz CT molecular complexity index is 520. The van der Waals surface area contributed by atoms with Crippen LogP contribution in [-0.4, -0.2) is 48.1 Å². The predicted octanol–water partition coefficient (Wildman–Crippen LogP) is 1.97. The lowest BCUT2D eigenvalue weighted by atomic mass is 9.62. The number of methoxy groups -OCH3 is 1. The fourth-order valence-electron chi connectivity index (χ4n) is 3.29. The monoisotopic (exact) mass is 339 g/mol. The summed E-state index contributed by atoms with van der Waals surface area (Å²) in [4.78, 5) is 42.1. The van der Waals surface area contributed by atoms with Crippen molar-refractivity contribution in [3.8, 4) is 0 Å². The molecule has 0 heterocycles. The molecule has 0 aliphatic heterocycles. The van der Waals surface area contributed by atoms with Gasteiger partial charge in [-0.3, -0.25) is 19.4 Å². The lowest BCUT2D eigenvalue weighted by molar-refractivity contribution is -0.156. The van der Waals surface area contributed by atoms with Crippen LogP contribution < -0.4 is 0 Å². The van der Waals surface area contributed by atoms with Crippen LogP contribution in [-0.2, 0) is 19.1 Å². The number of nitrogens with zero attached hydrogens (tertiary/aromatic N) is 1. The van der Waals surface area contributed by atoms with Crippen LogP contribution >= 0.6 is 0 Å². The van der Waals surface area contributed by atoms with Crippen molar-refractivity contribution in [2.24, 2.45) is 22.2 Å². The van der Waals surface area contributed by atoms with Crippen LogP contribution in [0.5, 0.6) is 0 Å². The van der Waals surface area contributed by atoms with E-state index in [2.05, 4.69) is 4.99 Å². The molecule has 6 heteroatoms. The van der Waals surface area contributed by atoms with Crippen LogP contribution in [0.2, 0.25) is 0 Å². The van der Waals surface area contributed by atoms with Gasteiger partial charge in [-0.25, -0.2) is 0 Å². The van der Waals surface area contributed by atoms with Crippen molar-refractivity contribution in [2.75, 3.05) is 13.7 Å². The van der Waals surface area contributed by atoms with Crippen molar-refractivity contribution in [1.29, 1.82) is 0 Å². The number of hydrogen-bond acceptors (Lipinski definition) is 6. The van der Waals surface area contributed by atoms with Crippen LogP contribution in [0.4, 0.5) is 0 Å². The molecule has 1 aliphatic rings. The Morgan fingerprint density at radius 3 is 2.46 bits per heavy atom. The lowest BCUT2D eigenvalue weighted by Gasteiger charge is -2.39. The molecule has 6 nitrogen and oxygen atoms in total. The number of ether oxygens (including phenoxy) is 1. The fourth-order valence-corrected chi connectivity index (χ4v) is 3.29. The quantitative estimate of drug-likeness (QED) is 0.565. The summed E-state index contributed by atoms with van der Waals surface area (Å²) in [5.74, 6) is -3.21. The number of carbonyl (C=O) groups excluding carboxylic acids is 3. The Hall–Kier alpha value is -1.56. The average Bonchev–Trinajstić information content (AvgIpc) is 2.51. The first-order valence-electron chi connectivity index (χ1n) is 8.55. The molecular weight excluding hydrogens is 310 g/mol. The molecule has 1 rings (SSSR count). The van der Waals surface area contributed by atoms with E-state index in [1.807, 2.05) is 27.7 Å². The second kappa shape index (κ2) is 8.51. The largest absolute Gasteiger partial charge is 0.468 e. The topological polar surface area (TPSA) is 93.0 Å². The van der Waals surface area contributed by atoms with Gasteiger partial charge in [0.1, 0.15) is 17.6 Å². The predicted molar refractivity (Wildman–Crippen MR) is 90.9 cm³/mol. The maximum atomic E-state index is 13.0. The number of aliphatic imine (C=N–C) groups is 1. The molecule has 1 saturated carbocycles. The molecular formula is C18H29NO5. The Balaban J connectivity index is 3.35. The van der Waals surface area contributed by atoms with Gasteiger partial charge in [-0.15, -0.1) is 0 Å². The van der Waals surface area contributed by atoms with Crippen molar-refractivity contribution < 1.29 is 24.2 Å². The normalized spacial score (nSPS) is 26.2. The van der Waals surface area contributed by atoms with Crippen LogP contribution in [0.25, 0.3) is 0 Å². The minimum Gasteiger partial charge on any atom is -0.468 e. The Labute approximate surface area is 143 Å². The maximum Gasteiger partial charge on any atom is 0.316 e. The molecule has 0 aromatic carbocycles. The van der Waals surface area contributed by atoms with E-state index in [-0.39, 0.29) is 24.9 Å². The van der Waals surface area contributed by atoms with Crippen LogP contribution in [0, 0.1) is 17.3 Å². The minimum absolute atomic E-state index is 0.135. The Morgan fingerprint density at radius 1 is 1.38 bits per heavy atom. The second-order valence-electron chi connectivity index (χ2n) is 7.04. The molecule has 0 bridgehead atoms. The first kappa shape index (κ1) is 20.5. The number of esters is 1. The lowest BCUT2D eigenvalue weighted by Crippen LogP contribution is -2.52. The van der Waals surface area contributed by atoms with Gasteiger partial charge in [0.15, 0.2) is 5.78 Å². The van der Waals surface area contributed by atoms with E-state index in [0.29, 0.717) is 25.0 Å². The summed E-state index contributed by atoms with van der Waals surface area (Å²) >= 11 is 0. The third-order valence-corrected chi connectivity index (χ3v) is 4.61. The van der Waals surface area contributed by atoms with Crippen molar-refractivity contribution >= 4 is 23.2 Å². The molecule has 1 N–H and O–H groups in total. The zero-order valence-corrected chi connectivity index (χ0v) is 15.3. The standard InChI is InChI=1S/C18H29NO5/c1-6-8-13(21)14-12(19-11(7-2)10-20)9-18(3,4)15(16(14)22)17(23)24-5/h11,14-15,20H,6-10H2,1-5H3/t11-,14+,15-/m0/s1. The van der Waals surface area contributed by atoms with Gasteiger partial charge in [0.25, 0.3) is 0 Å². The van der Waals surface area contributed by atoms with Gasteiger partial charge in [-0.2, -0.15) is 0 Å². The van der Waals surface area contributed by atoms with E-state index < -0.39 is 29.0 Å². The van der Waals surface area contributed by atoms with E-state index in [1.54, 1.807) is 0 Å². The van der Waals surface area contributed by atoms with Gasteiger partial charge in [-0.05, 0) is 24.7 Å². The van der Waals surface area contributed by atoms with E-state index in [9.17, 15) is 19.5 Å². The zero-order valence-electron chi connectivity index (χ0n) is 15.3. The average molecular weight is 339 g/mol. The molecule has 3 atom stereocenters. The number of aliphatic hydroxyl groups excluding tert-OH is 1. The van der Waals surface area contributed by atoms with Crippen molar-refractivity contribution in [1.82, 2.24) is 0 Å². The molecule has 24 heavy (non-hydrogen) atoms. The fraction of sp³-hybridized carbons (Fsp3) is 0.778. The van der Waals surface area contributed by atoms with Crippen molar-refractivity contribution in [3.05, 3.63) is 0 Å². The summed E-state index contributed by atoms with van der Waals surface area (Å²) in [5, 5.41) is 9.41. The van der Waals surface area contributed by atoms with E-state index in [0.717, 1.165) is 0 Å². The highest BCUT2D eigenvalue weighted by atomic mass is 16.5. The highest BCUT2D eigenvalue weighted by molar-refractivity contribution is 6.26. The second-order valence-corrected chi connectivity index (χ2v) is 7.04. The van der Waals surface area contributed by atoms with Gasteiger partial charge < -0.3 is 9.84 Å². The third kappa shape index (κ3) is 4.29. The minimum atomic E-state index is -0.998. The van der Waals surface area contributed by atoms with Gasteiger partial charge in [0.2, 0.25) is 0 Å². The van der Waals surface area contributed by atoms with Crippen LogP contribution in [0.1, 0.15) is 53.4 Å². The molecule has 1 aliphatic carbocycles. The van der Waals surface area contributed by atoms with Crippen LogP contribution in [0.3, 0.4) is 0 Å². The summed E-state index contributed by atoms with van der Waals surface area (Å²) in [6.45, 7) is 7.24. The third-order valence-electron chi connectivity index (χ3n) is 4.61. The van der Waals surface area contributed by atoms with Crippen molar-refractivity contribution in [3.63, 3.8) is 0 Å². The molecule has 1 fully saturated rings. The number of Topliss-reactive ketones (excluding diaryl/α,β-unsaturated/α-hetero) is 2. The molecule has 0 spiro atoms. The van der Waals surface area contributed by atoms with E-state index in [1.165, 1.54) is 7.11 Å². The first-order chi connectivity index (χ1) is 11.2. The zero-order chi connectivity index (χ0) is 18.5. The number of ketones is 2. The Kier molecular flexibility index (Phi) is 7.27. The highest BCUT2D eigenvalue weighted by Gasteiger charge is 2.52. The molecule has 0 amide bonds. The number of aliphatic hydroxyl groups is 1. The van der Waals surface area contributed by atoms with Crippen molar-refractivity contribution in [2.45, 2.75) is 59.4 Å². The summed E-state index contributed by atoms with van der Waals surface area (Å²) < 4.78 is 4.79. The highest BCUT2D eigenvalue weighted by Crippen LogP contribution is 2.41. The molecule has 0 aromatic rings. The molecule has 0 unspecified atom stereocenters. The smallest absolute Gasteiger partial charge is 0.316 e. The summed E-state index contributed by atoms with van der Waals surface area (Å²) in [5.41, 5.74) is -0.191. The van der Waals surface area contributed by atoms with Crippen LogP contribution in [0.15, 0.2) is 4.99 Å². The van der Waals surface area contributed by atoms with E-state index >= 15 is 0 Å². The summed E-state index contributed by atoms with van der Waals surface area (Å²) in [6.07, 6.45) is 1.86. The molecule has 136 valence electrons. The first-order valence-corrected chi connectivity index (χ1v) is 8.55. The molecule has 0 radical (unpaired) electrons. The van der Waals surface area contributed by atoms with Gasteiger partial charge >= 0.3 is 5.97 Å². The SMILES string of the molecule is CCCC(=O)[C@@H]1C(=O)[C@@H](C(=O)OC)C(C)(C)CC1=N[C@@H](CC)CO. The number of hydrogen-bond donors (Lipinski definition) is 1. The summed E-state index contributed by atoms with van der Waals surface area (Å²) in [7, 11) is 1.25. The maximum absolute atomic E-state index is 13.0. The van der Waals surface area contributed by atoms with Gasteiger partial charge in [0.05, 0.1) is 19.8 Å². The number of rotatable bonds is 7. The summed E-state index contributed by atoms with van der Waals surface area (Å²) in [6, 6.07) is -0.338. The van der Waals surface area contributed by atoms with Gasteiger partial charge in [-0.1, -0.05) is 27.7 Å². The molecule has 0 aromatic heterocycles. The Morgan fingerprint density at radius 2 is 2.00 bits per heavy atom. The van der Waals surface area contributed by atoms with Gasteiger partial charge in [0, 0.05) is 12.1 Å². The van der Waals surface area contributed by atoms with E-state index in [4.69, 9.17) is 4.74 Å². The number of carbonyl (C=O) groups is 3.